The molecule has 1 rings (SSSR count). The Morgan fingerprint density at radius 1 is 0.568 bits per heavy atom. The van der Waals surface area contributed by atoms with E-state index >= 15 is 0 Å². The van der Waals surface area contributed by atoms with Crippen molar-refractivity contribution in [2.45, 2.75) is 188 Å². The molecule has 0 saturated heterocycles. The Morgan fingerprint density at radius 2 is 0.932 bits per heavy atom. The maximum Gasteiger partial charge on any atom is 2.00 e. The van der Waals surface area contributed by atoms with E-state index in [4.69, 9.17) is 0 Å². The van der Waals surface area contributed by atoms with Crippen LogP contribution in [0.25, 0.3) is 0 Å². The Morgan fingerprint density at radius 3 is 1.23 bits per heavy atom. The van der Waals surface area contributed by atoms with Gasteiger partial charge < -0.3 is 19.8 Å². The number of aryl methyl sites for hydroxylation is 1. The molecular weight excluding hydrogens is 651 g/mol. The van der Waals surface area contributed by atoms with Crippen molar-refractivity contribution in [2.24, 2.45) is 0 Å². The van der Waals surface area contributed by atoms with Crippen LogP contribution in [0.4, 0.5) is 0 Å². The van der Waals surface area contributed by atoms with Crippen molar-refractivity contribution in [1.82, 2.24) is 0 Å². The molecule has 0 aliphatic carbocycles. The van der Waals surface area contributed by atoms with Gasteiger partial charge in [-0.15, -0.1) is 0 Å². The summed E-state index contributed by atoms with van der Waals surface area (Å²) in [5.74, 6) is -2.01. The Labute approximate surface area is 291 Å². The minimum Gasteiger partial charge on any atom is -0.550 e. The van der Waals surface area contributed by atoms with Crippen LogP contribution < -0.4 is 10.2 Å². The van der Waals surface area contributed by atoms with Gasteiger partial charge in [0.25, 0.3) is 0 Å². The molecule has 0 N–H and O–H groups in total. The van der Waals surface area contributed by atoms with Crippen LogP contribution in [0.15, 0.2) is 24.3 Å². The van der Waals surface area contributed by atoms with Crippen LogP contribution in [0.2, 0.25) is 0 Å². The number of carbonyl (C=O) groups is 2. The standard InChI is InChI=1S/C21H42O2.C10H12O2.2C4H9.Sn/c1-2-3-4-5-6-7-8-9-10-11-12-13-14-15-16-17-18-19-20-21(22)23;1-2-4-8-5-3-6-9(7-8)10(11)12;2*1-3-4-2;/h2-20H2,1H3,(H,22,23);3,5-7H,2,4H2,1H3,(H,11,12);2*1,3-4H2,2H3;/q;;;;+2/p-2. The minimum absolute atomic E-state index is 0. The number of hydrogen-bond donors (Lipinski definition) is 0. The number of unbranched alkanes of at least 4 members (excludes halogenated alkanes) is 19. The predicted octanol–water partition coefficient (Wildman–Crippen LogP) is 10.0. The van der Waals surface area contributed by atoms with E-state index < -0.39 is 11.9 Å². The Kier molecular flexibility index (Phi) is 49.9. The fourth-order valence-electron chi connectivity index (χ4n) is 4.31. The molecule has 0 saturated carbocycles. The van der Waals surface area contributed by atoms with Crippen LogP contribution in [0, 0.1) is 13.8 Å². The molecule has 0 aliphatic rings. The van der Waals surface area contributed by atoms with Crippen molar-refractivity contribution in [2.75, 3.05) is 0 Å². The fourth-order valence-corrected chi connectivity index (χ4v) is 4.31. The zero-order valence-corrected chi connectivity index (χ0v) is 32.4. The van der Waals surface area contributed by atoms with Gasteiger partial charge in [0.15, 0.2) is 0 Å². The molecular formula is C39H70O4Sn. The molecule has 4 radical (unpaired) electrons. The molecule has 254 valence electrons. The van der Waals surface area contributed by atoms with Gasteiger partial charge in [0, 0.05) is 5.97 Å². The van der Waals surface area contributed by atoms with Crippen LogP contribution in [0.1, 0.15) is 198 Å². The summed E-state index contributed by atoms with van der Waals surface area (Å²) in [5.41, 5.74) is 1.32. The topological polar surface area (TPSA) is 80.3 Å². The molecule has 5 heteroatoms. The summed E-state index contributed by atoms with van der Waals surface area (Å²) < 4.78 is 0. The van der Waals surface area contributed by atoms with Gasteiger partial charge in [0.1, 0.15) is 0 Å². The monoisotopic (exact) mass is 722 g/mol. The number of benzene rings is 1. The molecule has 0 fully saturated rings. The van der Waals surface area contributed by atoms with Crippen LogP contribution >= 0.6 is 0 Å². The molecule has 44 heavy (non-hydrogen) atoms. The summed E-state index contributed by atoms with van der Waals surface area (Å²) in [5, 5.41) is 20.7. The average Bonchev–Trinajstić information content (AvgIpc) is 3.01. The van der Waals surface area contributed by atoms with Gasteiger partial charge in [0.05, 0.1) is 5.97 Å². The van der Waals surface area contributed by atoms with E-state index in [1.807, 2.05) is 6.07 Å². The van der Waals surface area contributed by atoms with Crippen LogP contribution in [-0.2, 0) is 11.2 Å². The Hall–Kier alpha value is -1.04. The maximum atomic E-state index is 10.4. The summed E-state index contributed by atoms with van der Waals surface area (Å²) in [6.45, 7) is 15.8. The van der Waals surface area contributed by atoms with Crippen molar-refractivity contribution in [3.63, 3.8) is 0 Å². The van der Waals surface area contributed by atoms with E-state index in [-0.39, 0.29) is 35.9 Å². The first-order chi connectivity index (χ1) is 20.8. The largest absolute Gasteiger partial charge is 2.00 e. The number of aromatic carboxylic acids is 1. The van der Waals surface area contributed by atoms with Crippen LogP contribution in [-0.4, -0.2) is 35.8 Å². The second-order valence-corrected chi connectivity index (χ2v) is 11.6. The summed E-state index contributed by atoms with van der Waals surface area (Å²) in [6.07, 6.45) is 30.8. The van der Waals surface area contributed by atoms with Crippen molar-refractivity contribution < 1.29 is 19.8 Å². The summed E-state index contributed by atoms with van der Waals surface area (Å²) >= 11 is 0. The predicted molar refractivity (Wildman–Crippen MR) is 189 cm³/mol. The molecule has 0 amide bonds. The van der Waals surface area contributed by atoms with Gasteiger partial charge >= 0.3 is 23.9 Å². The van der Waals surface area contributed by atoms with Gasteiger partial charge in [-0.2, -0.15) is 0 Å². The summed E-state index contributed by atoms with van der Waals surface area (Å²) in [4.78, 5) is 20.7. The summed E-state index contributed by atoms with van der Waals surface area (Å²) in [7, 11) is 0. The number of aliphatic carboxylic acids is 1. The minimum atomic E-state index is -1.10. The number of carboxylic acids is 2. The maximum absolute atomic E-state index is 10.4. The Bertz CT molecular complexity index is 684. The molecule has 0 spiro atoms. The molecule has 0 heterocycles. The van der Waals surface area contributed by atoms with E-state index in [1.54, 1.807) is 18.2 Å². The number of carbonyl (C=O) groups excluding carboxylic acids is 2. The van der Waals surface area contributed by atoms with E-state index in [9.17, 15) is 19.8 Å². The smallest absolute Gasteiger partial charge is 0.550 e. The van der Waals surface area contributed by atoms with Crippen molar-refractivity contribution in [3.05, 3.63) is 49.2 Å². The number of hydrogen-bond acceptors (Lipinski definition) is 4. The summed E-state index contributed by atoms with van der Waals surface area (Å²) in [6, 6.07) is 6.89. The third kappa shape index (κ3) is 45.4. The molecule has 1 aromatic carbocycles. The quantitative estimate of drug-likeness (QED) is 0.0787. The molecule has 0 bridgehead atoms. The van der Waals surface area contributed by atoms with Gasteiger partial charge in [-0.1, -0.05) is 201 Å². The molecule has 1 aromatic rings. The third-order valence-corrected chi connectivity index (χ3v) is 7.14. The molecule has 0 unspecified atom stereocenters. The fraction of sp³-hybridized carbons (Fsp3) is 0.744. The SMILES string of the molecule is CCCCCCCCCCCCCCCCCCCCC(=O)[O-].CCCc1cccc(C(=O)[O-])c1.[CH2]CCC.[CH2]CCC.[Sn+2]. The zero-order chi connectivity index (χ0) is 32.8. The molecule has 0 atom stereocenters. The first-order valence-electron chi connectivity index (χ1n) is 17.9. The van der Waals surface area contributed by atoms with Crippen molar-refractivity contribution in [3.8, 4) is 0 Å². The van der Waals surface area contributed by atoms with E-state index in [1.165, 1.54) is 116 Å². The van der Waals surface area contributed by atoms with E-state index in [0.29, 0.717) is 0 Å². The first-order valence-corrected chi connectivity index (χ1v) is 17.9. The van der Waals surface area contributed by atoms with E-state index in [2.05, 4.69) is 41.5 Å². The van der Waals surface area contributed by atoms with Gasteiger partial charge in [-0.3, -0.25) is 0 Å². The Balaban J connectivity index is -0.000000315. The van der Waals surface area contributed by atoms with Crippen molar-refractivity contribution in [1.29, 1.82) is 0 Å². The molecule has 4 nitrogen and oxygen atoms in total. The van der Waals surface area contributed by atoms with Gasteiger partial charge in [0.2, 0.25) is 0 Å². The second-order valence-electron chi connectivity index (χ2n) is 11.6. The second kappa shape index (κ2) is 44.1. The van der Waals surface area contributed by atoms with Crippen LogP contribution in [0.3, 0.4) is 0 Å². The van der Waals surface area contributed by atoms with Crippen LogP contribution in [0.5, 0.6) is 0 Å². The first kappa shape index (κ1) is 49.8. The number of carboxylic acid groups (broad SMARTS) is 2. The zero-order valence-electron chi connectivity index (χ0n) is 29.5. The van der Waals surface area contributed by atoms with Gasteiger partial charge in [-0.05, 0) is 36.5 Å². The molecule has 0 aromatic heterocycles. The normalized spacial score (nSPS) is 9.77. The third-order valence-electron chi connectivity index (χ3n) is 7.14. The number of rotatable bonds is 24. The van der Waals surface area contributed by atoms with Gasteiger partial charge in [-0.25, -0.2) is 0 Å². The van der Waals surface area contributed by atoms with E-state index in [0.717, 1.165) is 44.1 Å². The van der Waals surface area contributed by atoms with Crippen molar-refractivity contribution >= 4 is 35.8 Å². The molecule has 0 aliphatic heterocycles. The average molecular weight is 722 g/mol.